The van der Waals surface area contributed by atoms with Crippen molar-refractivity contribution in [1.29, 1.82) is 0 Å². The number of nitrogens with one attached hydrogen (secondary N) is 3. The Labute approximate surface area is 171 Å². The highest BCUT2D eigenvalue weighted by Crippen LogP contribution is 2.15. The van der Waals surface area contributed by atoms with Gasteiger partial charge in [-0.3, -0.25) is 9.59 Å². The van der Waals surface area contributed by atoms with Gasteiger partial charge >= 0.3 is 0 Å². The molecule has 1 unspecified atom stereocenters. The minimum Gasteiger partial charge on any atom is -0.376 e. The molecule has 5 nitrogen and oxygen atoms in total. The molecule has 3 aromatic rings. The Balaban J connectivity index is 1.56. The van der Waals surface area contributed by atoms with Crippen LogP contribution in [0.3, 0.4) is 0 Å². The van der Waals surface area contributed by atoms with Crippen LogP contribution in [0.5, 0.6) is 0 Å². The van der Waals surface area contributed by atoms with E-state index >= 15 is 0 Å². The van der Waals surface area contributed by atoms with E-state index in [4.69, 9.17) is 0 Å². The van der Waals surface area contributed by atoms with Crippen molar-refractivity contribution in [2.24, 2.45) is 0 Å². The quantitative estimate of drug-likeness (QED) is 0.558. The van der Waals surface area contributed by atoms with Crippen LogP contribution in [-0.4, -0.2) is 18.4 Å². The third-order valence-corrected chi connectivity index (χ3v) is 4.53. The van der Waals surface area contributed by atoms with Crippen molar-refractivity contribution in [3.05, 3.63) is 95.6 Å². The Morgan fingerprint density at radius 2 is 1.59 bits per heavy atom. The lowest BCUT2D eigenvalue weighted by Crippen LogP contribution is -2.26. The van der Waals surface area contributed by atoms with Gasteiger partial charge in [0.1, 0.15) is 0 Å². The molecule has 29 heavy (non-hydrogen) atoms. The van der Waals surface area contributed by atoms with E-state index in [1.165, 1.54) is 0 Å². The average molecular weight is 387 g/mol. The zero-order valence-electron chi connectivity index (χ0n) is 16.6. The molecule has 0 aliphatic heterocycles. The summed E-state index contributed by atoms with van der Waals surface area (Å²) < 4.78 is 0. The molecule has 0 aliphatic carbocycles. The zero-order valence-corrected chi connectivity index (χ0v) is 16.6. The van der Waals surface area contributed by atoms with Crippen molar-refractivity contribution in [3.8, 4) is 0 Å². The second-order valence-corrected chi connectivity index (χ2v) is 6.96. The van der Waals surface area contributed by atoms with Crippen molar-refractivity contribution in [2.75, 3.05) is 17.2 Å². The van der Waals surface area contributed by atoms with E-state index in [0.717, 1.165) is 16.8 Å². The number of carbonyl (C=O) groups is 2. The van der Waals surface area contributed by atoms with Crippen molar-refractivity contribution in [2.45, 2.75) is 19.9 Å². The third kappa shape index (κ3) is 5.94. The zero-order chi connectivity index (χ0) is 20.6. The molecule has 2 amide bonds. The molecule has 0 spiro atoms. The number of hydrogen-bond acceptors (Lipinski definition) is 3. The third-order valence-electron chi connectivity index (χ3n) is 4.53. The van der Waals surface area contributed by atoms with E-state index in [0.29, 0.717) is 11.3 Å². The highest BCUT2D eigenvalue weighted by Gasteiger charge is 2.12. The van der Waals surface area contributed by atoms with Gasteiger partial charge < -0.3 is 16.0 Å². The number of carbonyl (C=O) groups excluding carboxylic acids is 2. The minimum absolute atomic E-state index is 0.0968. The highest BCUT2D eigenvalue weighted by atomic mass is 16.2. The Hall–Kier alpha value is -3.60. The maximum Gasteiger partial charge on any atom is 0.251 e. The first-order valence-corrected chi connectivity index (χ1v) is 9.57. The molecule has 0 saturated carbocycles. The van der Waals surface area contributed by atoms with Crippen LogP contribution in [-0.2, 0) is 4.79 Å². The van der Waals surface area contributed by atoms with E-state index in [-0.39, 0.29) is 24.4 Å². The van der Waals surface area contributed by atoms with Gasteiger partial charge in [0.2, 0.25) is 5.91 Å². The Bertz CT molecular complexity index is 986. The minimum atomic E-state index is -0.158. The van der Waals surface area contributed by atoms with Crippen LogP contribution in [0.4, 0.5) is 11.4 Å². The predicted octanol–water partition coefficient (Wildman–Crippen LogP) is 4.54. The summed E-state index contributed by atoms with van der Waals surface area (Å²) >= 11 is 0. The Morgan fingerprint density at radius 1 is 0.862 bits per heavy atom. The number of amides is 2. The normalized spacial score (nSPS) is 11.4. The molecular weight excluding hydrogens is 362 g/mol. The van der Waals surface area contributed by atoms with E-state index in [2.05, 4.69) is 16.0 Å². The summed E-state index contributed by atoms with van der Waals surface area (Å²) in [6.45, 7) is 4.04. The summed E-state index contributed by atoms with van der Waals surface area (Å²) in [6.07, 6.45) is 0. The fourth-order valence-corrected chi connectivity index (χ4v) is 2.99. The number of aryl methyl sites for hydroxylation is 1. The van der Waals surface area contributed by atoms with Crippen molar-refractivity contribution in [3.63, 3.8) is 0 Å². The molecule has 0 saturated heterocycles. The topological polar surface area (TPSA) is 70.2 Å². The van der Waals surface area contributed by atoms with Gasteiger partial charge in [0.25, 0.3) is 5.91 Å². The van der Waals surface area contributed by atoms with Gasteiger partial charge in [0.05, 0.1) is 12.6 Å². The molecular formula is C24H25N3O2. The number of anilines is 2. The maximum atomic E-state index is 12.6. The van der Waals surface area contributed by atoms with E-state index in [1.54, 1.807) is 18.2 Å². The first-order chi connectivity index (χ1) is 14.0. The van der Waals surface area contributed by atoms with E-state index in [9.17, 15) is 9.59 Å². The van der Waals surface area contributed by atoms with E-state index < -0.39 is 0 Å². The Morgan fingerprint density at radius 3 is 2.34 bits per heavy atom. The summed E-state index contributed by atoms with van der Waals surface area (Å²) in [5, 5.41) is 8.92. The first-order valence-electron chi connectivity index (χ1n) is 9.57. The highest BCUT2D eigenvalue weighted by molar-refractivity contribution is 5.96. The SMILES string of the molecule is Cc1cccc(NC(=O)CNc2cccc(C(=O)NC(C)c3ccccc3)c2)c1. The van der Waals surface area contributed by atoms with Gasteiger partial charge in [-0.05, 0) is 55.3 Å². The van der Waals surface area contributed by atoms with Crippen LogP contribution < -0.4 is 16.0 Å². The van der Waals surface area contributed by atoms with Gasteiger partial charge in [-0.2, -0.15) is 0 Å². The van der Waals surface area contributed by atoms with Crippen LogP contribution in [0.2, 0.25) is 0 Å². The van der Waals surface area contributed by atoms with Crippen LogP contribution in [0.15, 0.2) is 78.9 Å². The summed E-state index contributed by atoms with van der Waals surface area (Å²) in [4.78, 5) is 24.7. The second kappa shape index (κ2) is 9.55. The number of hydrogen-bond donors (Lipinski definition) is 3. The lowest BCUT2D eigenvalue weighted by molar-refractivity contribution is -0.114. The molecule has 0 aliphatic rings. The molecule has 5 heteroatoms. The molecule has 3 aromatic carbocycles. The molecule has 0 radical (unpaired) electrons. The Kier molecular flexibility index (Phi) is 6.63. The van der Waals surface area contributed by atoms with Crippen LogP contribution in [0.25, 0.3) is 0 Å². The van der Waals surface area contributed by atoms with Gasteiger partial charge in [0, 0.05) is 16.9 Å². The molecule has 0 aromatic heterocycles. The van der Waals surface area contributed by atoms with Crippen LogP contribution in [0.1, 0.15) is 34.5 Å². The second-order valence-electron chi connectivity index (χ2n) is 6.96. The van der Waals surface area contributed by atoms with Crippen molar-refractivity contribution < 1.29 is 9.59 Å². The lowest BCUT2D eigenvalue weighted by Gasteiger charge is -2.15. The largest absolute Gasteiger partial charge is 0.376 e. The lowest BCUT2D eigenvalue weighted by atomic mass is 10.1. The molecule has 3 rings (SSSR count). The smallest absolute Gasteiger partial charge is 0.251 e. The summed E-state index contributed by atoms with van der Waals surface area (Å²) in [5.41, 5.74) is 4.14. The summed E-state index contributed by atoms with van der Waals surface area (Å²) in [6, 6.07) is 24.5. The fraction of sp³-hybridized carbons (Fsp3) is 0.167. The number of benzene rings is 3. The monoisotopic (exact) mass is 387 g/mol. The van der Waals surface area contributed by atoms with Crippen LogP contribution in [0, 0.1) is 6.92 Å². The van der Waals surface area contributed by atoms with Crippen molar-refractivity contribution >= 4 is 23.2 Å². The average Bonchev–Trinajstić information content (AvgIpc) is 2.73. The van der Waals surface area contributed by atoms with Gasteiger partial charge in [-0.25, -0.2) is 0 Å². The predicted molar refractivity (Wildman–Crippen MR) is 117 cm³/mol. The molecule has 148 valence electrons. The molecule has 0 fully saturated rings. The summed E-state index contributed by atoms with van der Waals surface area (Å²) in [5.74, 6) is -0.308. The fourth-order valence-electron chi connectivity index (χ4n) is 2.99. The standard InChI is InChI=1S/C24H25N3O2/c1-17-8-6-13-22(14-17)27-23(28)16-25-21-12-7-11-20(15-21)24(29)26-18(2)19-9-4-3-5-10-19/h3-15,18,25H,16H2,1-2H3,(H,26,29)(H,27,28). The van der Waals surface area contributed by atoms with Gasteiger partial charge in [-0.1, -0.05) is 48.5 Å². The molecule has 0 heterocycles. The van der Waals surface area contributed by atoms with Crippen LogP contribution >= 0.6 is 0 Å². The maximum absolute atomic E-state index is 12.6. The van der Waals surface area contributed by atoms with Gasteiger partial charge in [-0.15, -0.1) is 0 Å². The van der Waals surface area contributed by atoms with Crippen molar-refractivity contribution in [1.82, 2.24) is 5.32 Å². The number of rotatable bonds is 7. The summed E-state index contributed by atoms with van der Waals surface area (Å²) in [7, 11) is 0. The van der Waals surface area contributed by atoms with Gasteiger partial charge in [0.15, 0.2) is 0 Å². The van der Waals surface area contributed by atoms with E-state index in [1.807, 2.05) is 74.5 Å². The molecule has 1 atom stereocenters. The molecule has 3 N–H and O–H groups in total. The molecule has 0 bridgehead atoms. The first kappa shape index (κ1) is 20.1.